The van der Waals surface area contributed by atoms with Gasteiger partial charge < -0.3 is 24.8 Å². The average Bonchev–Trinajstić information content (AvgIpc) is 3.14. The van der Waals surface area contributed by atoms with Crippen LogP contribution in [0.25, 0.3) is 0 Å². The largest absolute Gasteiger partial charge is 0.493 e. The van der Waals surface area contributed by atoms with E-state index in [4.69, 9.17) is 14.2 Å². The Morgan fingerprint density at radius 2 is 1.53 bits per heavy atom. The van der Waals surface area contributed by atoms with Gasteiger partial charge in [-0.2, -0.15) is 0 Å². The second kappa shape index (κ2) is 9.97. The van der Waals surface area contributed by atoms with Crippen LogP contribution in [0.1, 0.15) is 36.0 Å². The summed E-state index contributed by atoms with van der Waals surface area (Å²) in [6.07, 6.45) is 0. The van der Waals surface area contributed by atoms with Gasteiger partial charge in [0.2, 0.25) is 0 Å². The molecule has 2 amide bonds. The molecule has 1 heterocycles. The zero-order chi connectivity index (χ0) is 23.3. The van der Waals surface area contributed by atoms with Gasteiger partial charge in [-0.05, 0) is 42.8 Å². The first-order valence-corrected chi connectivity index (χ1v) is 10.3. The lowest BCUT2D eigenvalue weighted by molar-refractivity contribution is 0.0601. The number of benzene rings is 2. The van der Waals surface area contributed by atoms with E-state index in [0.29, 0.717) is 28.3 Å². The lowest BCUT2D eigenvalue weighted by atomic mass is 10.1. The van der Waals surface area contributed by atoms with Crippen LogP contribution in [-0.4, -0.2) is 39.1 Å². The minimum atomic E-state index is -0.653. The van der Waals surface area contributed by atoms with Crippen molar-refractivity contribution in [3.05, 3.63) is 70.1 Å². The molecule has 2 N–H and O–H groups in total. The number of amides is 2. The van der Waals surface area contributed by atoms with Crippen LogP contribution < -0.4 is 20.1 Å². The molecule has 9 heteroatoms. The van der Waals surface area contributed by atoms with E-state index in [9.17, 15) is 14.4 Å². The zero-order valence-electron chi connectivity index (χ0n) is 18.0. The highest BCUT2D eigenvalue weighted by molar-refractivity contribution is 7.19. The second-order valence-corrected chi connectivity index (χ2v) is 7.62. The van der Waals surface area contributed by atoms with Gasteiger partial charge in [-0.25, -0.2) is 4.79 Å². The topological polar surface area (TPSA) is 103 Å². The van der Waals surface area contributed by atoms with Crippen LogP contribution in [0.2, 0.25) is 0 Å². The van der Waals surface area contributed by atoms with Gasteiger partial charge in [-0.3, -0.25) is 9.59 Å². The quantitative estimate of drug-likeness (QED) is 0.514. The lowest BCUT2D eigenvalue weighted by Crippen LogP contribution is -2.14. The van der Waals surface area contributed by atoms with E-state index in [1.165, 1.54) is 27.4 Å². The van der Waals surface area contributed by atoms with Gasteiger partial charge in [0, 0.05) is 11.3 Å². The highest BCUT2D eigenvalue weighted by Crippen LogP contribution is 2.35. The summed E-state index contributed by atoms with van der Waals surface area (Å²) < 4.78 is 15.3. The summed E-state index contributed by atoms with van der Waals surface area (Å²) >= 11 is 0.997. The number of anilines is 2. The number of nitrogens with one attached hydrogen (secondary N) is 2. The molecule has 0 radical (unpaired) electrons. The molecule has 0 spiro atoms. The van der Waals surface area contributed by atoms with E-state index in [0.717, 1.165) is 11.3 Å². The Balaban J connectivity index is 1.93. The summed E-state index contributed by atoms with van der Waals surface area (Å²) in [5.74, 6) is -0.660. The number of hydrogen-bond donors (Lipinski definition) is 2. The van der Waals surface area contributed by atoms with Crippen molar-refractivity contribution in [2.45, 2.75) is 6.92 Å². The van der Waals surface area contributed by atoms with Crippen LogP contribution >= 0.6 is 11.3 Å². The summed E-state index contributed by atoms with van der Waals surface area (Å²) in [5, 5.41) is 5.71. The number of carbonyl (C=O) groups is 3. The van der Waals surface area contributed by atoms with Crippen molar-refractivity contribution in [2.24, 2.45) is 0 Å². The Morgan fingerprint density at radius 1 is 0.844 bits per heavy atom. The summed E-state index contributed by atoms with van der Waals surface area (Å²) in [6, 6.07) is 13.6. The molecule has 0 aliphatic rings. The molecule has 32 heavy (non-hydrogen) atoms. The Kier molecular flexibility index (Phi) is 7.11. The molecule has 3 rings (SSSR count). The smallest absolute Gasteiger partial charge is 0.341 e. The molecule has 0 aliphatic carbocycles. The molecule has 0 aliphatic heterocycles. The van der Waals surface area contributed by atoms with Crippen molar-refractivity contribution >= 4 is 39.8 Å². The Hall–Kier alpha value is -3.85. The van der Waals surface area contributed by atoms with E-state index >= 15 is 0 Å². The fourth-order valence-corrected chi connectivity index (χ4v) is 4.11. The average molecular weight is 455 g/mol. The second-order valence-electron chi connectivity index (χ2n) is 6.60. The molecule has 8 nitrogen and oxygen atoms in total. The molecular formula is C23H22N2O6S. The van der Waals surface area contributed by atoms with Crippen LogP contribution in [-0.2, 0) is 4.74 Å². The minimum Gasteiger partial charge on any atom is -0.493 e. The molecule has 1 aromatic heterocycles. The number of carbonyl (C=O) groups excluding carboxylic acids is 3. The van der Waals surface area contributed by atoms with Crippen molar-refractivity contribution in [3.63, 3.8) is 0 Å². The van der Waals surface area contributed by atoms with Crippen LogP contribution in [0, 0.1) is 6.92 Å². The molecule has 3 aromatic rings. The zero-order valence-corrected chi connectivity index (χ0v) is 18.8. The van der Waals surface area contributed by atoms with Crippen molar-refractivity contribution in [2.75, 3.05) is 32.0 Å². The molecule has 0 bridgehead atoms. The maximum Gasteiger partial charge on any atom is 0.341 e. The van der Waals surface area contributed by atoms with E-state index in [-0.39, 0.29) is 15.4 Å². The molecule has 0 atom stereocenters. The van der Waals surface area contributed by atoms with E-state index < -0.39 is 17.8 Å². The monoisotopic (exact) mass is 454 g/mol. The Bertz CT molecular complexity index is 1160. The number of methoxy groups -OCH3 is 3. The van der Waals surface area contributed by atoms with Crippen molar-refractivity contribution in [1.29, 1.82) is 0 Å². The number of rotatable bonds is 7. The number of ether oxygens (including phenoxy) is 3. The van der Waals surface area contributed by atoms with E-state index in [2.05, 4.69) is 10.6 Å². The molecule has 0 saturated heterocycles. The van der Waals surface area contributed by atoms with Crippen molar-refractivity contribution in [3.8, 4) is 11.5 Å². The first-order valence-electron chi connectivity index (χ1n) is 9.51. The number of para-hydroxylation sites is 1. The maximum atomic E-state index is 12.9. The van der Waals surface area contributed by atoms with Crippen LogP contribution in [0.4, 0.5) is 10.7 Å². The van der Waals surface area contributed by atoms with Gasteiger partial charge in [-0.15, -0.1) is 11.3 Å². The third-order valence-corrected chi connectivity index (χ3v) is 5.85. The SMILES string of the molecule is COC(=O)c1c(NC(=O)c2ccc(OC)c(OC)c2)sc(C(=O)Nc2ccccc2)c1C. The Morgan fingerprint density at radius 3 is 2.16 bits per heavy atom. The standard InChI is InChI=1S/C23H22N2O6S/c1-13-18(23(28)31-4)22(32-19(13)21(27)24-15-8-6-5-7-9-15)25-20(26)14-10-11-16(29-2)17(12-14)30-3/h5-12H,1-4H3,(H,24,27)(H,25,26). The van der Waals surface area contributed by atoms with Gasteiger partial charge in [0.15, 0.2) is 11.5 Å². The molecule has 166 valence electrons. The first-order chi connectivity index (χ1) is 15.4. The lowest BCUT2D eigenvalue weighted by Gasteiger charge is -2.10. The third-order valence-electron chi connectivity index (χ3n) is 4.65. The fourth-order valence-electron chi connectivity index (χ4n) is 3.03. The highest BCUT2D eigenvalue weighted by Gasteiger charge is 2.27. The summed E-state index contributed by atoms with van der Waals surface area (Å²) in [4.78, 5) is 38.4. The van der Waals surface area contributed by atoms with Gasteiger partial charge in [0.25, 0.3) is 11.8 Å². The van der Waals surface area contributed by atoms with Gasteiger partial charge in [0.1, 0.15) is 5.00 Å². The first kappa shape index (κ1) is 22.8. The molecule has 0 unspecified atom stereocenters. The summed E-state index contributed by atoms with van der Waals surface area (Å²) in [7, 11) is 4.20. The molecule has 2 aromatic carbocycles. The fraction of sp³-hybridized carbons (Fsp3) is 0.174. The van der Waals surface area contributed by atoms with Crippen LogP contribution in [0.5, 0.6) is 11.5 Å². The summed E-state index contributed by atoms with van der Waals surface area (Å²) in [5.41, 5.74) is 1.45. The van der Waals surface area contributed by atoms with Gasteiger partial charge in [0.05, 0.1) is 31.8 Å². The van der Waals surface area contributed by atoms with E-state index in [1.54, 1.807) is 43.3 Å². The Labute approximate surface area is 189 Å². The number of esters is 1. The minimum absolute atomic E-state index is 0.129. The number of thiophene rings is 1. The number of hydrogen-bond acceptors (Lipinski definition) is 7. The normalized spacial score (nSPS) is 10.2. The van der Waals surface area contributed by atoms with Crippen LogP contribution in [0.3, 0.4) is 0 Å². The molecule has 0 saturated carbocycles. The molecular weight excluding hydrogens is 432 g/mol. The maximum absolute atomic E-state index is 12.9. The highest BCUT2D eigenvalue weighted by atomic mass is 32.1. The van der Waals surface area contributed by atoms with Crippen molar-refractivity contribution < 1.29 is 28.6 Å². The van der Waals surface area contributed by atoms with Crippen LogP contribution in [0.15, 0.2) is 48.5 Å². The third kappa shape index (κ3) is 4.73. The predicted octanol–water partition coefficient (Wildman–Crippen LogP) is 4.36. The van der Waals surface area contributed by atoms with E-state index in [1.807, 2.05) is 6.07 Å². The molecule has 0 fully saturated rings. The predicted molar refractivity (Wildman–Crippen MR) is 122 cm³/mol. The van der Waals surface area contributed by atoms with Gasteiger partial charge in [-0.1, -0.05) is 18.2 Å². The summed E-state index contributed by atoms with van der Waals surface area (Å²) in [6.45, 7) is 1.63. The van der Waals surface area contributed by atoms with Gasteiger partial charge >= 0.3 is 5.97 Å². The van der Waals surface area contributed by atoms with Crippen molar-refractivity contribution in [1.82, 2.24) is 0 Å².